The van der Waals surface area contributed by atoms with E-state index in [1.807, 2.05) is 30.3 Å². The molecular formula is C18H21N3O3. The lowest BCUT2D eigenvalue weighted by atomic mass is 10.1. The van der Waals surface area contributed by atoms with E-state index < -0.39 is 6.09 Å². The molecule has 0 aliphatic heterocycles. The van der Waals surface area contributed by atoms with Crippen LogP contribution in [0.5, 0.6) is 0 Å². The van der Waals surface area contributed by atoms with Gasteiger partial charge < -0.3 is 21.5 Å². The summed E-state index contributed by atoms with van der Waals surface area (Å²) in [5, 5.41) is 2.82. The summed E-state index contributed by atoms with van der Waals surface area (Å²) in [6.45, 7) is 0.472. The molecule has 2 aromatic rings. The molecule has 0 aromatic heterocycles. The fraction of sp³-hybridized carbons (Fsp3) is 0.222. The Morgan fingerprint density at radius 3 is 2.29 bits per heavy atom. The van der Waals surface area contributed by atoms with Crippen LogP contribution in [-0.4, -0.2) is 24.6 Å². The van der Waals surface area contributed by atoms with E-state index in [4.69, 9.17) is 11.5 Å². The molecule has 0 unspecified atom stereocenters. The Hall–Kier alpha value is -2.86. The molecule has 0 saturated carbocycles. The van der Waals surface area contributed by atoms with Gasteiger partial charge in [-0.1, -0.05) is 42.5 Å². The summed E-state index contributed by atoms with van der Waals surface area (Å²) in [4.78, 5) is 22.7. The lowest BCUT2D eigenvalue weighted by Crippen LogP contribution is -2.38. The topological polar surface area (TPSA) is 107 Å². The maximum atomic E-state index is 12.1. The fourth-order valence-electron chi connectivity index (χ4n) is 2.22. The van der Waals surface area contributed by atoms with Crippen molar-refractivity contribution < 1.29 is 14.3 Å². The van der Waals surface area contributed by atoms with E-state index in [-0.39, 0.29) is 18.6 Å². The Kier molecular flexibility index (Phi) is 6.33. The van der Waals surface area contributed by atoms with Gasteiger partial charge in [0.2, 0.25) is 0 Å². The van der Waals surface area contributed by atoms with Crippen molar-refractivity contribution in [2.75, 3.05) is 6.54 Å². The molecule has 6 nitrogen and oxygen atoms in total. The number of nitrogens with two attached hydrogens (primary N) is 2. The third-order valence-electron chi connectivity index (χ3n) is 3.46. The lowest BCUT2D eigenvalue weighted by molar-refractivity contribution is 0.0950. The normalized spacial score (nSPS) is 11.5. The van der Waals surface area contributed by atoms with Gasteiger partial charge in [0.15, 0.2) is 0 Å². The van der Waals surface area contributed by atoms with Crippen molar-refractivity contribution in [3.63, 3.8) is 0 Å². The molecule has 2 rings (SSSR count). The average molecular weight is 327 g/mol. The highest BCUT2D eigenvalue weighted by atomic mass is 16.5. The highest BCUT2D eigenvalue weighted by molar-refractivity contribution is 5.94. The van der Waals surface area contributed by atoms with Crippen LogP contribution in [0.4, 0.5) is 4.79 Å². The van der Waals surface area contributed by atoms with Gasteiger partial charge in [0, 0.05) is 18.2 Å². The highest BCUT2D eigenvalue weighted by Crippen LogP contribution is 2.06. The van der Waals surface area contributed by atoms with Crippen molar-refractivity contribution in [1.82, 2.24) is 5.32 Å². The minimum absolute atomic E-state index is 0.0825. The van der Waals surface area contributed by atoms with Crippen molar-refractivity contribution in [3.05, 3.63) is 71.3 Å². The number of carbonyl (C=O) groups excluding carboxylic acids is 2. The van der Waals surface area contributed by atoms with Gasteiger partial charge in [-0.3, -0.25) is 4.79 Å². The van der Waals surface area contributed by atoms with E-state index in [0.29, 0.717) is 18.5 Å². The Morgan fingerprint density at radius 2 is 1.67 bits per heavy atom. The van der Waals surface area contributed by atoms with E-state index in [2.05, 4.69) is 10.1 Å². The number of nitrogens with one attached hydrogen (secondary N) is 1. The van der Waals surface area contributed by atoms with Gasteiger partial charge in [-0.15, -0.1) is 0 Å². The molecular weight excluding hydrogens is 306 g/mol. The molecule has 1 atom stereocenters. The number of amides is 2. The zero-order valence-electron chi connectivity index (χ0n) is 13.3. The maximum absolute atomic E-state index is 12.1. The first-order valence-corrected chi connectivity index (χ1v) is 7.63. The van der Waals surface area contributed by atoms with Gasteiger partial charge in [-0.25, -0.2) is 4.79 Å². The smallest absolute Gasteiger partial charge is 0.404 e. The van der Waals surface area contributed by atoms with Crippen LogP contribution in [-0.2, 0) is 17.8 Å². The second kappa shape index (κ2) is 8.69. The zero-order valence-corrected chi connectivity index (χ0v) is 13.3. The third-order valence-corrected chi connectivity index (χ3v) is 3.46. The second-order valence-corrected chi connectivity index (χ2v) is 5.46. The van der Waals surface area contributed by atoms with Crippen molar-refractivity contribution in [3.8, 4) is 0 Å². The summed E-state index contributed by atoms with van der Waals surface area (Å²) in [6.07, 6.45) is -0.131. The summed E-state index contributed by atoms with van der Waals surface area (Å²) >= 11 is 0. The van der Waals surface area contributed by atoms with Crippen LogP contribution in [0, 0.1) is 0 Å². The number of hydrogen-bond donors (Lipinski definition) is 3. The lowest BCUT2D eigenvalue weighted by Gasteiger charge is -2.13. The van der Waals surface area contributed by atoms with Gasteiger partial charge in [-0.2, -0.15) is 0 Å². The monoisotopic (exact) mass is 327 g/mol. The number of carbonyl (C=O) groups is 2. The minimum Gasteiger partial charge on any atom is -0.445 e. The number of ether oxygens (including phenoxy) is 1. The predicted molar refractivity (Wildman–Crippen MR) is 91.3 cm³/mol. The molecule has 6 heteroatoms. The van der Waals surface area contributed by atoms with Crippen molar-refractivity contribution in [2.24, 2.45) is 11.5 Å². The molecule has 24 heavy (non-hydrogen) atoms. The van der Waals surface area contributed by atoms with Crippen molar-refractivity contribution in [2.45, 2.75) is 19.1 Å². The molecule has 2 aromatic carbocycles. The first kappa shape index (κ1) is 17.5. The number of primary amides is 1. The Morgan fingerprint density at radius 1 is 1.00 bits per heavy atom. The average Bonchev–Trinajstić information content (AvgIpc) is 2.59. The van der Waals surface area contributed by atoms with E-state index in [1.54, 1.807) is 24.3 Å². The molecule has 0 spiro atoms. The summed E-state index contributed by atoms with van der Waals surface area (Å²) in [5.41, 5.74) is 13.4. The van der Waals surface area contributed by atoms with E-state index in [1.165, 1.54) is 0 Å². The summed E-state index contributed by atoms with van der Waals surface area (Å²) in [7, 11) is 0. The second-order valence-electron chi connectivity index (χ2n) is 5.46. The van der Waals surface area contributed by atoms with E-state index in [0.717, 1.165) is 11.1 Å². The van der Waals surface area contributed by atoms with Crippen LogP contribution in [0.25, 0.3) is 0 Å². The maximum Gasteiger partial charge on any atom is 0.404 e. The van der Waals surface area contributed by atoms with Crippen LogP contribution >= 0.6 is 0 Å². The van der Waals surface area contributed by atoms with Gasteiger partial charge in [0.25, 0.3) is 5.91 Å². The van der Waals surface area contributed by atoms with Crippen molar-refractivity contribution >= 4 is 12.0 Å². The molecule has 0 fully saturated rings. The minimum atomic E-state index is -0.829. The quantitative estimate of drug-likeness (QED) is 0.717. The van der Waals surface area contributed by atoms with Crippen LogP contribution in [0.15, 0.2) is 54.6 Å². The van der Waals surface area contributed by atoms with Gasteiger partial charge >= 0.3 is 6.09 Å². The number of rotatable bonds is 7. The SMILES string of the molecule is NC(=O)OCc1ccc(C(=O)NC[C@H](N)Cc2ccccc2)cc1. The Balaban J connectivity index is 1.80. The first-order chi connectivity index (χ1) is 11.5. The largest absolute Gasteiger partial charge is 0.445 e. The van der Waals surface area contributed by atoms with Crippen molar-refractivity contribution in [1.29, 1.82) is 0 Å². The third kappa shape index (κ3) is 5.73. The van der Waals surface area contributed by atoms with Gasteiger partial charge in [-0.05, 0) is 29.7 Å². The molecule has 0 aliphatic carbocycles. The molecule has 0 bridgehead atoms. The standard InChI is InChI=1S/C18H21N3O3/c19-16(10-13-4-2-1-3-5-13)11-21-17(22)15-8-6-14(7-9-15)12-24-18(20)23/h1-9,16H,10-12,19H2,(H2,20,23)(H,21,22)/t16-/m1/s1. The zero-order chi connectivity index (χ0) is 17.4. The fourth-order valence-corrected chi connectivity index (χ4v) is 2.22. The summed E-state index contributed by atoms with van der Waals surface area (Å²) < 4.78 is 4.69. The summed E-state index contributed by atoms with van der Waals surface area (Å²) in [5.74, 6) is -0.194. The van der Waals surface area contributed by atoms with Crippen LogP contribution in [0.1, 0.15) is 21.5 Å². The summed E-state index contributed by atoms with van der Waals surface area (Å²) in [6, 6.07) is 16.5. The molecule has 2 amide bonds. The van der Waals surface area contributed by atoms with Gasteiger partial charge in [0.1, 0.15) is 6.61 Å². The molecule has 0 heterocycles. The molecule has 5 N–H and O–H groups in total. The van der Waals surface area contributed by atoms with Gasteiger partial charge in [0.05, 0.1) is 0 Å². The number of hydrogen-bond acceptors (Lipinski definition) is 4. The van der Waals surface area contributed by atoms with Crippen LogP contribution < -0.4 is 16.8 Å². The predicted octanol–water partition coefficient (Wildman–Crippen LogP) is 1.58. The Labute approximate surface area is 140 Å². The highest BCUT2D eigenvalue weighted by Gasteiger charge is 2.09. The van der Waals surface area contributed by atoms with E-state index in [9.17, 15) is 9.59 Å². The molecule has 126 valence electrons. The molecule has 0 radical (unpaired) electrons. The Bertz CT molecular complexity index is 672. The first-order valence-electron chi connectivity index (χ1n) is 7.63. The molecule has 0 aliphatic rings. The number of benzene rings is 2. The van der Waals surface area contributed by atoms with Crippen LogP contribution in [0.2, 0.25) is 0 Å². The van der Waals surface area contributed by atoms with Crippen LogP contribution in [0.3, 0.4) is 0 Å². The molecule has 0 saturated heterocycles. The van der Waals surface area contributed by atoms with E-state index >= 15 is 0 Å².